The average molecular weight is 483 g/mol. The predicted molar refractivity (Wildman–Crippen MR) is 125 cm³/mol. The van der Waals surface area contributed by atoms with E-state index in [9.17, 15) is 14.4 Å². The van der Waals surface area contributed by atoms with Crippen molar-refractivity contribution in [3.63, 3.8) is 0 Å². The van der Waals surface area contributed by atoms with Gasteiger partial charge < -0.3 is 15.4 Å². The molecule has 2 amide bonds. The number of ether oxygens (including phenoxy) is 1. The zero-order valence-corrected chi connectivity index (χ0v) is 19.5. The quantitative estimate of drug-likeness (QED) is 0.498. The molecular formula is C22H24Cl2N2O4S. The van der Waals surface area contributed by atoms with E-state index in [0.717, 1.165) is 5.56 Å². The van der Waals surface area contributed by atoms with Gasteiger partial charge in [-0.3, -0.25) is 9.59 Å². The molecule has 2 unspecified atom stereocenters. The van der Waals surface area contributed by atoms with E-state index in [1.165, 1.54) is 36.9 Å². The maximum Gasteiger partial charge on any atom is 0.329 e. The van der Waals surface area contributed by atoms with E-state index in [4.69, 9.17) is 27.9 Å². The molecule has 2 N–H and O–H groups in total. The summed E-state index contributed by atoms with van der Waals surface area (Å²) in [4.78, 5) is 37.6. The molecule has 0 bridgehead atoms. The standard InChI is InChI=1S/C22H24Cl2N2O4S/c1-14(20(27)25-13-15-6-4-3-5-7-15)30-22(29)19(10-11-31-2)26-21(28)17-9-8-16(23)12-18(17)24/h3-9,12,14,19H,10-11,13H2,1-2H3,(H,25,27)(H,26,28). The van der Waals surface area contributed by atoms with Crippen molar-refractivity contribution in [2.24, 2.45) is 0 Å². The average Bonchev–Trinajstić information content (AvgIpc) is 2.75. The number of hydrogen-bond acceptors (Lipinski definition) is 5. The van der Waals surface area contributed by atoms with Crippen LogP contribution in [0, 0.1) is 0 Å². The molecule has 2 rings (SSSR count). The number of carbonyl (C=O) groups excluding carboxylic acids is 3. The molecule has 9 heteroatoms. The summed E-state index contributed by atoms with van der Waals surface area (Å²) in [5.41, 5.74) is 1.13. The molecule has 0 aliphatic carbocycles. The first kappa shape index (κ1) is 25.0. The number of esters is 1. The zero-order valence-electron chi connectivity index (χ0n) is 17.2. The number of halogens is 2. The second-order valence-electron chi connectivity index (χ2n) is 6.71. The van der Waals surface area contributed by atoms with Crippen molar-refractivity contribution in [1.29, 1.82) is 0 Å². The summed E-state index contributed by atoms with van der Waals surface area (Å²) in [5, 5.41) is 5.95. The van der Waals surface area contributed by atoms with E-state index < -0.39 is 29.9 Å². The van der Waals surface area contributed by atoms with Crippen LogP contribution >= 0.6 is 35.0 Å². The van der Waals surface area contributed by atoms with Gasteiger partial charge in [-0.1, -0.05) is 53.5 Å². The molecular weight excluding hydrogens is 459 g/mol. The largest absolute Gasteiger partial charge is 0.451 e. The molecule has 0 aliphatic rings. The van der Waals surface area contributed by atoms with Gasteiger partial charge in [-0.05, 0) is 49.1 Å². The first-order valence-electron chi connectivity index (χ1n) is 9.58. The number of nitrogens with one attached hydrogen (secondary N) is 2. The molecule has 2 atom stereocenters. The van der Waals surface area contributed by atoms with Crippen LogP contribution in [0.25, 0.3) is 0 Å². The fourth-order valence-electron chi connectivity index (χ4n) is 2.63. The molecule has 0 aromatic heterocycles. The monoisotopic (exact) mass is 482 g/mol. The molecule has 166 valence electrons. The number of thioether (sulfide) groups is 1. The lowest BCUT2D eigenvalue weighted by Crippen LogP contribution is -2.45. The molecule has 0 heterocycles. The van der Waals surface area contributed by atoms with Crippen molar-refractivity contribution in [1.82, 2.24) is 10.6 Å². The molecule has 0 fully saturated rings. The third-order valence-electron chi connectivity index (χ3n) is 4.35. The molecule has 0 aliphatic heterocycles. The van der Waals surface area contributed by atoms with Crippen LogP contribution in [0.1, 0.15) is 29.3 Å². The second kappa shape index (κ2) is 12.6. The molecule has 0 spiro atoms. The smallest absolute Gasteiger partial charge is 0.329 e. The van der Waals surface area contributed by atoms with Gasteiger partial charge in [-0.25, -0.2) is 4.79 Å². The molecule has 2 aromatic carbocycles. The Balaban J connectivity index is 1.97. The Hall–Kier alpha value is -2.22. The number of carbonyl (C=O) groups is 3. The Morgan fingerprint density at radius 3 is 2.45 bits per heavy atom. The number of rotatable bonds is 10. The van der Waals surface area contributed by atoms with Gasteiger partial charge in [0, 0.05) is 11.6 Å². The summed E-state index contributed by atoms with van der Waals surface area (Å²) >= 11 is 13.5. The van der Waals surface area contributed by atoms with Crippen LogP contribution in [0.15, 0.2) is 48.5 Å². The SMILES string of the molecule is CSCCC(NC(=O)c1ccc(Cl)cc1Cl)C(=O)OC(C)C(=O)NCc1ccccc1. The van der Waals surface area contributed by atoms with Gasteiger partial charge in [0.05, 0.1) is 10.6 Å². The minimum atomic E-state index is -1.01. The Bertz CT molecular complexity index is 912. The minimum Gasteiger partial charge on any atom is -0.451 e. The highest BCUT2D eigenvalue weighted by molar-refractivity contribution is 7.98. The van der Waals surface area contributed by atoms with E-state index in [-0.39, 0.29) is 10.6 Å². The van der Waals surface area contributed by atoms with E-state index in [1.54, 1.807) is 0 Å². The molecule has 0 saturated carbocycles. The van der Waals surface area contributed by atoms with Crippen molar-refractivity contribution in [2.45, 2.75) is 32.0 Å². The first-order chi connectivity index (χ1) is 14.8. The van der Waals surface area contributed by atoms with Crippen LogP contribution in [0.2, 0.25) is 10.0 Å². The van der Waals surface area contributed by atoms with Crippen LogP contribution in [0.3, 0.4) is 0 Å². The first-order valence-corrected chi connectivity index (χ1v) is 11.7. The van der Waals surface area contributed by atoms with Crippen molar-refractivity contribution >= 4 is 52.7 Å². The summed E-state index contributed by atoms with van der Waals surface area (Å²) in [6, 6.07) is 12.9. The third kappa shape index (κ3) is 8.09. The van der Waals surface area contributed by atoms with Gasteiger partial charge >= 0.3 is 5.97 Å². The number of benzene rings is 2. The van der Waals surface area contributed by atoms with E-state index in [2.05, 4.69) is 10.6 Å². The highest BCUT2D eigenvalue weighted by Crippen LogP contribution is 2.21. The maximum atomic E-state index is 12.7. The van der Waals surface area contributed by atoms with Gasteiger partial charge in [0.15, 0.2) is 6.10 Å². The van der Waals surface area contributed by atoms with Crippen LogP contribution < -0.4 is 10.6 Å². The molecule has 31 heavy (non-hydrogen) atoms. The third-order valence-corrected chi connectivity index (χ3v) is 5.54. The zero-order chi connectivity index (χ0) is 22.8. The predicted octanol–water partition coefficient (Wildman–Crippen LogP) is 4.09. The topological polar surface area (TPSA) is 84.5 Å². The molecule has 2 aromatic rings. The highest BCUT2D eigenvalue weighted by Gasteiger charge is 2.27. The van der Waals surface area contributed by atoms with Crippen molar-refractivity contribution in [2.75, 3.05) is 12.0 Å². The van der Waals surface area contributed by atoms with Crippen LogP contribution in [0.5, 0.6) is 0 Å². The fourth-order valence-corrected chi connectivity index (χ4v) is 3.60. The lowest BCUT2D eigenvalue weighted by molar-refractivity contribution is -0.156. The van der Waals surface area contributed by atoms with Gasteiger partial charge in [0.2, 0.25) is 0 Å². The summed E-state index contributed by atoms with van der Waals surface area (Å²) in [6.45, 7) is 1.81. The Kier molecular flexibility index (Phi) is 10.2. The number of hydrogen-bond donors (Lipinski definition) is 2. The van der Waals surface area contributed by atoms with Gasteiger partial charge in [-0.2, -0.15) is 11.8 Å². The minimum absolute atomic E-state index is 0.177. The summed E-state index contributed by atoms with van der Waals surface area (Å²) < 4.78 is 5.32. The van der Waals surface area contributed by atoms with Gasteiger partial charge in [0.1, 0.15) is 6.04 Å². The van der Waals surface area contributed by atoms with Crippen LogP contribution in [-0.2, 0) is 20.9 Å². The van der Waals surface area contributed by atoms with Crippen LogP contribution in [0.4, 0.5) is 0 Å². The summed E-state index contributed by atoms with van der Waals surface area (Å²) in [6.07, 6.45) is 1.22. The Morgan fingerprint density at radius 2 is 1.81 bits per heavy atom. The fraction of sp³-hybridized carbons (Fsp3) is 0.318. The van der Waals surface area contributed by atoms with E-state index in [0.29, 0.717) is 23.7 Å². The lowest BCUT2D eigenvalue weighted by Gasteiger charge is -2.20. The van der Waals surface area contributed by atoms with Gasteiger partial charge in [0.25, 0.3) is 11.8 Å². The highest BCUT2D eigenvalue weighted by atomic mass is 35.5. The Labute approximate surface area is 196 Å². The molecule has 0 saturated heterocycles. The van der Waals surface area contributed by atoms with E-state index >= 15 is 0 Å². The second-order valence-corrected chi connectivity index (χ2v) is 8.54. The lowest BCUT2D eigenvalue weighted by atomic mass is 10.1. The van der Waals surface area contributed by atoms with Crippen molar-refractivity contribution in [3.05, 3.63) is 69.7 Å². The van der Waals surface area contributed by atoms with Gasteiger partial charge in [-0.15, -0.1) is 0 Å². The van der Waals surface area contributed by atoms with Crippen molar-refractivity contribution < 1.29 is 19.1 Å². The number of amides is 2. The normalized spacial score (nSPS) is 12.5. The van der Waals surface area contributed by atoms with Crippen LogP contribution in [-0.4, -0.2) is 41.9 Å². The maximum absolute atomic E-state index is 12.7. The summed E-state index contributed by atoms with van der Waals surface area (Å²) in [5.74, 6) is -1.02. The molecule has 6 nitrogen and oxygen atoms in total. The van der Waals surface area contributed by atoms with E-state index in [1.807, 2.05) is 36.6 Å². The van der Waals surface area contributed by atoms with Crippen molar-refractivity contribution in [3.8, 4) is 0 Å². The summed E-state index contributed by atoms with van der Waals surface area (Å²) in [7, 11) is 0. The molecule has 0 radical (unpaired) electrons. The Morgan fingerprint density at radius 1 is 1.10 bits per heavy atom.